The van der Waals surface area contributed by atoms with E-state index in [1.54, 1.807) is 6.92 Å². The standard InChI is InChI=1S/C17H27NO3/c1-7-21-16(19)9-20-8-15(18)17-13(5)11(3)10(2)12(4)14(17)6/h15H,7-9,18H2,1-6H3. The molecule has 0 radical (unpaired) electrons. The fraction of sp³-hybridized carbons (Fsp3) is 0.588. The first-order valence-corrected chi connectivity index (χ1v) is 7.37. The Labute approximate surface area is 127 Å². The molecule has 1 atom stereocenters. The number of esters is 1. The highest BCUT2D eigenvalue weighted by molar-refractivity contribution is 5.70. The van der Waals surface area contributed by atoms with E-state index in [1.165, 1.54) is 27.8 Å². The number of carbonyl (C=O) groups excluding carboxylic acids is 1. The summed E-state index contributed by atoms with van der Waals surface area (Å²) in [7, 11) is 0. The van der Waals surface area contributed by atoms with E-state index in [0.717, 1.165) is 5.56 Å². The van der Waals surface area contributed by atoms with Gasteiger partial charge in [0.05, 0.1) is 19.3 Å². The number of hydrogen-bond donors (Lipinski definition) is 1. The van der Waals surface area contributed by atoms with Crippen LogP contribution in [0.5, 0.6) is 0 Å². The monoisotopic (exact) mass is 293 g/mol. The molecular weight excluding hydrogens is 266 g/mol. The SMILES string of the molecule is CCOC(=O)COCC(N)c1c(C)c(C)c(C)c(C)c1C. The molecule has 0 saturated heterocycles. The summed E-state index contributed by atoms with van der Waals surface area (Å²) < 4.78 is 10.2. The van der Waals surface area contributed by atoms with Crippen molar-refractivity contribution in [3.05, 3.63) is 33.4 Å². The van der Waals surface area contributed by atoms with Crippen LogP contribution < -0.4 is 5.73 Å². The zero-order valence-corrected chi connectivity index (χ0v) is 14.0. The van der Waals surface area contributed by atoms with Crippen molar-refractivity contribution in [1.29, 1.82) is 0 Å². The van der Waals surface area contributed by atoms with Gasteiger partial charge in [-0.05, 0) is 74.9 Å². The molecule has 2 N–H and O–H groups in total. The summed E-state index contributed by atoms with van der Waals surface area (Å²) in [4.78, 5) is 11.3. The van der Waals surface area contributed by atoms with Crippen molar-refractivity contribution in [3.8, 4) is 0 Å². The molecule has 1 rings (SSSR count). The van der Waals surface area contributed by atoms with E-state index >= 15 is 0 Å². The van der Waals surface area contributed by atoms with Gasteiger partial charge in [-0.3, -0.25) is 0 Å². The van der Waals surface area contributed by atoms with Crippen LogP contribution in [0.15, 0.2) is 0 Å². The molecule has 0 aliphatic heterocycles. The highest BCUT2D eigenvalue weighted by atomic mass is 16.6. The second kappa shape index (κ2) is 7.57. The van der Waals surface area contributed by atoms with Crippen molar-refractivity contribution in [2.75, 3.05) is 19.8 Å². The predicted octanol–water partition coefficient (Wildman–Crippen LogP) is 2.81. The Morgan fingerprint density at radius 3 is 1.95 bits per heavy atom. The van der Waals surface area contributed by atoms with Gasteiger partial charge in [-0.2, -0.15) is 0 Å². The van der Waals surface area contributed by atoms with E-state index in [9.17, 15) is 4.79 Å². The van der Waals surface area contributed by atoms with Gasteiger partial charge in [0.1, 0.15) is 6.61 Å². The van der Waals surface area contributed by atoms with Gasteiger partial charge < -0.3 is 15.2 Å². The number of carbonyl (C=O) groups is 1. The lowest BCUT2D eigenvalue weighted by Gasteiger charge is -2.23. The molecule has 0 spiro atoms. The molecule has 21 heavy (non-hydrogen) atoms. The van der Waals surface area contributed by atoms with Gasteiger partial charge in [-0.25, -0.2) is 4.79 Å². The van der Waals surface area contributed by atoms with E-state index in [2.05, 4.69) is 34.6 Å². The van der Waals surface area contributed by atoms with Crippen LogP contribution in [-0.2, 0) is 14.3 Å². The van der Waals surface area contributed by atoms with Crippen molar-refractivity contribution in [3.63, 3.8) is 0 Å². The van der Waals surface area contributed by atoms with Gasteiger partial charge in [-0.1, -0.05) is 0 Å². The number of benzene rings is 1. The van der Waals surface area contributed by atoms with Crippen LogP contribution in [0.1, 0.15) is 46.3 Å². The van der Waals surface area contributed by atoms with Crippen molar-refractivity contribution < 1.29 is 14.3 Å². The van der Waals surface area contributed by atoms with Crippen LogP contribution in [0.3, 0.4) is 0 Å². The number of ether oxygens (including phenoxy) is 2. The lowest BCUT2D eigenvalue weighted by Crippen LogP contribution is -2.23. The Hall–Kier alpha value is -1.39. The predicted molar refractivity (Wildman–Crippen MR) is 84.5 cm³/mol. The molecular formula is C17H27NO3. The Kier molecular flexibility index (Phi) is 6.37. The molecule has 0 amide bonds. The average molecular weight is 293 g/mol. The van der Waals surface area contributed by atoms with Crippen molar-refractivity contribution >= 4 is 5.97 Å². The minimum atomic E-state index is -0.352. The van der Waals surface area contributed by atoms with Crippen LogP contribution in [0.2, 0.25) is 0 Å². The molecule has 1 aromatic rings. The molecule has 0 saturated carbocycles. The van der Waals surface area contributed by atoms with Crippen molar-refractivity contribution in [1.82, 2.24) is 0 Å². The Balaban J connectivity index is 2.84. The number of hydrogen-bond acceptors (Lipinski definition) is 4. The molecule has 0 aromatic heterocycles. The third kappa shape index (κ3) is 4.05. The summed E-state index contributed by atoms with van der Waals surface area (Å²) in [5, 5.41) is 0. The molecule has 0 heterocycles. The topological polar surface area (TPSA) is 61.5 Å². The molecule has 1 aromatic carbocycles. The van der Waals surface area contributed by atoms with Gasteiger partial charge in [0.15, 0.2) is 0 Å². The molecule has 0 aliphatic rings. The van der Waals surface area contributed by atoms with E-state index in [0.29, 0.717) is 13.2 Å². The second-order valence-electron chi connectivity index (χ2n) is 5.47. The fourth-order valence-corrected chi connectivity index (χ4v) is 2.64. The number of nitrogens with two attached hydrogens (primary N) is 1. The van der Waals surface area contributed by atoms with E-state index in [1.807, 2.05) is 0 Å². The zero-order valence-electron chi connectivity index (χ0n) is 14.0. The van der Waals surface area contributed by atoms with Gasteiger partial charge >= 0.3 is 5.97 Å². The minimum absolute atomic E-state index is 0.0521. The van der Waals surface area contributed by atoms with Crippen LogP contribution in [0.4, 0.5) is 0 Å². The molecule has 118 valence electrons. The van der Waals surface area contributed by atoms with Crippen LogP contribution in [-0.4, -0.2) is 25.8 Å². The van der Waals surface area contributed by atoms with E-state index in [-0.39, 0.29) is 18.6 Å². The summed E-state index contributed by atoms with van der Waals surface area (Å²) in [6.45, 7) is 12.9. The summed E-state index contributed by atoms with van der Waals surface area (Å²) in [6, 6.07) is -0.238. The summed E-state index contributed by atoms with van der Waals surface area (Å²) >= 11 is 0. The third-order valence-corrected chi connectivity index (χ3v) is 4.25. The van der Waals surface area contributed by atoms with Gasteiger partial charge in [0.25, 0.3) is 0 Å². The lowest BCUT2D eigenvalue weighted by molar-refractivity contribution is -0.148. The van der Waals surface area contributed by atoms with Crippen molar-refractivity contribution in [2.24, 2.45) is 5.73 Å². The Bertz CT molecular complexity index is 494. The van der Waals surface area contributed by atoms with E-state index < -0.39 is 0 Å². The largest absolute Gasteiger partial charge is 0.464 e. The Morgan fingerprint density at radius 2 is 1.48 bits per heavy atom. The minimum Gasteiger partial charge on any atom is -0.464 e. The van der Waals surface area contributed by atoms with Gasteiger partial charge in [0, 0.05) is 0 Å². The number of rotatable bonds is 6. The normalized spacial score (nSPS) is 12.3. The highest BCUT2D eigenvalue weighted by Gasteiger charge is 2.18. The van der Waals surface area contributed by atoms with Crippen LogP contribution in [0, 0.1) is 34.6 Å². The van der Waals surface area contributed by atoms with E-state index in [4.69, 9.17) is 15.2 Å². The first-order valence-electron chi connectivity index (χ1n) is 7.37. The molecule has 4 heteroatoms. The molecule has 4 nitrogen and oxygen atoms in total. The molecule has 0 aliphatic carbocycles. The molecule has 1 unspecified atom stereocenters. The van der Waals surface area contributed by atoms with Gasteiger partial charge in [-0.15, -0.1) is 0 Å². The summed E-state index contributed by atoms with van der Waals surface area (Å²) in [6.07, 6.45) is 0. The zero-order chi connectivity index (χ0) is 16.2. The maximum absolute atomic E-state index is 11.3. The smallest absolute Gasteiger partial charge is 0.332 e. The average Bonchev–Trinajstić information content (AvgIpc) is 2.43. The lowest BCUT2D eigenvalue weighted by atomic mass is 9.87. The van der Waals surface area contributed by atoms with Crippen LogP contribution in [0.25, 0.3) is 0 Å². The molecule has 0 bridgehead atoms. The second-order valence-corrected chi connectivity index (χ2v) is 5.47. The maximum atomic E-state index is 11.3. The van der Waals surface area contributed by atoms with Gasteiger partial charge in [0.2, 0.25) is 0 Å². The quantitative estimate of drug-likeness (QED) is 0.819. The first-order chi connectivity index (χ1) is 9.81. The summed E-state index contributed by atoms with van der Waals surface area (Å²) in [5.41, 5.74) is 13.7. The Morgan fingerprint density at radius 1 is 1.00 bits per heavy atom. The highest BCUT2D eigenvalue weighted by Crippen LogP contribution is 2.29. The first kappa shape index (κ1) is 17.7. The van der Waals surface area contributed by atoms with Crippen molar-refractivity contribution in [2.45, 2.75) is 47.6 Å². The molecule has 0 fully saturated rings. The maximum Gasteiger partial charge on any atom is 0.332 e. The van der Waals surface area contributed by atoms with Crippen LogP contribution >= 0.6 is 0 Å². The fourth-order valence-electron chi connectivity index (χ4n) is 2.64. The third-order valence-electron chi connectivity index (χ3n) is 4.25. The summed E-state index contributed by atoms with van der Waals surface area (Å²) in [5.74, 6) is -0.352.